The number of halogens is 3. The van der Waals surface area contributed by atoms with Gasteiger partial charge in [-0.25, -0.2) is 5.43 Å². The Kier molecular flexibility index (Phi) is 8.49. The maximum absolute atomic E-state index is 12.0. The minimum absolute atomic E-state index is 0.157. The maximum atomic E-state index is 12.0. The molecule has 0 fully saturated rings. The molecular formula is C22H17BrI2N2O2. The van der Waals surface area contributed by atoms with Gasteiger partial charge in [-0.05, 0) is 86.1 Å². The number of nitrogens with one attached hydrogen (secondary N) is 1. The molecule has 7 heteroatoms. The number of rotatable bonds is 7. The van der Waals surface area contributed by atoms with Crippen LogP contribution in [0.5, 0.6) is 5.75 Å². The van der Waals surface area contributed by atoms with Crippen molar-refractivity contribution in [3.8, 4) is 5.75 Å². The lowest BCUT2D eigenvalue weighted by Crippen LogP contribution is -2.19. The maximum Gasteiger partial charge on any atom is 0.244 e. The number of hydrogen-bond donors (Lipinski definition) is 1. The van der Waals surface area contributed by atoms with Crippen LogP contribution >= 0.6 is 61.1 Å². The van der Waals surface area contributed by atoms with Crippen LogP contribution in [0.3, 0.4) is 0 Å². The van der Waals surface area contributed by atoms with E-state index in [1.54, 1.807) is 6.21 Å². The van der Waals surface area contributed by atoms with E-state index in [1.165, 1.54) is 0 Å². The minimum atomic E-state index is -0.157. The molecule has 0 radical (unpaired) electrons. The van der Waals surface area contributed by atoms with Crippen LogP contribution in [0.4, 0.5) is 0 Å². The standard InChI is InChI=1S/C22H17BrI2N2O2/c23-18-8-6-15(7-9-18)12-21(28)27-26-13-17-10-19(24)22(20(25)11-17)29-14-16-4-2-1-3-5-16/h1-11,13H,12,14H2,(H,27,28)/b26-13+. The first kappa shape index (κ1) is 22.2. The van der Waals surface area contributed by atoms with Crippen molar-refractivity contribution in [3.63, 3.8) is 0 Å². The summed E-state index contributed by atoms with van der Waals surface area (Å²) in [6.45, 7) is 0.520. The molecule has 0 heterocycles. The van der Waals surface area contributed by atoms with Gasteiger partial charge in [0.25, 0.3) is 0 Å². The van der Waals surface area contributed by atoms with Crippen molar-refractivity contribution in [1.29, 1.82) is 0 Å². The fraction of sp³-hybridized carbons (Fsp3) is 0.0909. The molecule has 4 nitrogen and oxygen atoms in total. The molecule has 1 N–H and O–H groups in total. The van der Waals surface area contributed by atoms with Crippen LogP contribution in [-0.2, 0) is 17.8 Å². The van der Waals surface area contributed by atoms with Crippen LogP contribution in [0.1, 0.15) is 16.7 Å². The van der Waals surface area contributed by atoms with Crippen molar-refractivity contribution in [2.45, 2.75) is 13.0 Å². The Morgan fingerprint density at radius 2 is 1.66 bits per heavy atom. The average molecular weight is 675 g/mol. The molecule has 3 aromatic carbocycles. The zero-order chi connectivity index (χ0) is 20.6. The van der Waals surface area contributed by atoms with Crippen LogP contribution in [0.2, 0.25) is 0 Å². The number of amides is 1. The normalized spacial score (nSPS) is 10.9. The SMILES string of the molecule is O=C(Cc1ccc(Br)cc1)N/N=C/c1cc(I)c(OCc2ccccc2)c(I)c1. The number of hydrogen-bond acceptors (Lipinski definition) is 3. The summed E-state index contributed by atoms with van der Waals surface area (Å²) in [7, 11) is 0. The Labute approximate surface area is 205 Å². The van der Waals surface area contributed by atoms with E-state index in [0.717, 1.165) is 34.1 Å². The lowest BCUT2D eigenvalue weighted by molar-refractivity contribution is -0.120. The topological polar surface area (TPSA) is 50.7 Å². The van der Waals surface area contributed by atoms with Crippen molar-refractivity contribution in [2.75, 3.05) is 0 Å². The highest BCUT2D eigenvalue weighted by Crippen LogP contribution is 2.29. The molecule has 0 aromatic heterocycles. The van der Waals surface area contributed by atoms with Gasteiger partial charge < -0.3 is 4.74 Å². The number of carbonyl (C=O) groups excluding carboxylic acids is 1. The zero-order valence-corrected chi connectivity index (χ0v) is 21.1. The molecule has 0 aliphatic heterocycles. The third-order valence-electron chi connectivity index (χ3n) is 3.93. The predicted octanol–water partition coefficient (Wildman–Crippen LogP) is 5.93. The largest absolute Gasteiger partial charge is 0.487 e. The van der Waals surface area contributed by atoms with Gasteiger partial charge in [-0.2, -0.15) is 5.10 Å². The van der Waals surface area contributed by atoms with Gasteiger partial charge >= 0.3 is 0 Å². The van der Waals surface area contributed by atoms with Crippen molar-refractivity contribution >= 4 is 73.2 Å². The number of benzene rings is 3. The summed E-state index contributed by atoms with van der Waals surface area (Å²) in [5.74, 6) is 0.697. The van der Waals surface area contributed by atoms with Crippen LogP contribution < -0.4 is 10.2 Å². The third-order valence-corrected chi connectivity index (χ3v) is 6.06. The molecule has 0 unspecified atom stereocenters. The summed E-state index contributed by atoms with van der Waals surface area (Å²) >= 11 is 7.89. The van der Waals surface area contributed by atoms with Crippen molar-refractivity contribution in [2.24, 2.45) is 5.10 Å². The monoisotopic (exact) mass is 674 g/mol. The highest BCUT2D eigenvalue weighted by Gasteiger charge is 2.09. The molecule has 29 heavy (non-hydrogen) atoms. The summed E-state index contributed by atoms with van der Waals surface area (Å²) in [4.78, 5) is 12.0. The van der Waals surface area contributed by atoms with Crippen LogP contribution in [0.25, 0.3) is 0 Å². The summed E-state index contributed by atoms with van der Waals surface area (Å²) < 4.78 is 8.97. The fourth-order valence-electron chi connectivity index (χ4n) is 2.53. The Morgan fingerprint density at radius 1 is 1.00 bits per heavy atom. The number of ether oxygens (including phenoxy) is 1. The van der Waals surface area contributed by atoms with Crippen molar-refractivity contribution in [3.05, 3.63) is 95.0 Å². The Bertz CT molecular complexity index is 986. The second-order valence-corrected chi connectivity index (χ2v) is 9.42. The van der Waals surface area contributed by atoms with E-state index in [4.69, 9.17) is 4.74 Å². The molecular weight excluding hydrogens is 658 g/mol. The van der Waals surface area contributed by atoms with Gasteiger partial charge in [-0.15, -0.1) is 0 Å². The van der Waals surface area contributed by atoms with E-state index in [0.29, 0.717) is 6.61 Å². The van der Waals surface area contributed by atoms with Gasteiger partial charge in [0.1, 0.15) is 12.4 Å². The molecule has 0 spiro atoms. The first-order chi connectivity index (χ1) is 14.0. The molecule has 148 valence electrons. The first-order valence-electron chi connectivity index (χ1n) is 8.73. The van der Waals surface area contributed by atoms with E-state index in [1.807, 2.05) is 66.7 Å². The molecule has 0 aliphatic rings. The molecule has 3 rings (SSSR count). The smallest absolute Gasteiger partial charge is 0.244 e. The number of hydrazone groups is 1. The second-order valence-electron chi connectivity index (χ2n) is 6.18. The van der Waals surface area contributed by atoms with E-state index < -0.39 is 0 Å². The Morgan fingerprint density at radius 3 is 2.31 bits per heavy atom. The lowest BCUT2D eigenvalue weighted by Gasteiger charge is -2.11. The highest BCUT2D eigenvalue weighted by molar-refractivity contribution is 14.1. The van der Waals surface area contributed by atoms with Gasteiger partial charge in [-0.1, -0.05) is 58.4 Å². The van der Waals surface area contributed by atoms with E-state index >= 15 is 0 Å². The summed E-state index contributed by atoms with van der Waals surface area (Å²) in [6.07, 6.45) is 1.93. The highest BCUT2D eigenvalue weighted by atomic mass is 127. The summed E-state index contributed by atoms with van der Waals surface area (Å²) in [6, 6.07) is 21.7. The van der Waals surface area contributed by atoms with E-state index in [9.17, 15) is 4.79 Å². The van der Waals surface area contributed by atoms with Crippen molar-refractivity contribution < 1.29 is 9.53 Å². The number of nitrogens with zero attached hydrogens (tertiary/aromatic N) is 1. The molecule has 0 aliphatic carbocycles. The quantitative estimate of drug-likeness (QED) is 0.192. The van der Waals surface area contributed by atoms with Crippen LogP contribution in [0.15, 0.2) is 76.3 Å². The van der Waals surface area contributed by atoms with Crippen LogP contribution in [0, 0.1) is 7.14 Å². The summed E-state index contributed by atoms with van der Waals surface area (Å²) in [5.41, 5.74) is 5.53. The first-order valence-corrected chi connectivity index (χ1v) is 11.7. The zero-order valence-electron chi connectivity index (χ0n) is 15.2. The second kappa shape index (κ2) is 11.1. The van der Waals surface area contributed by atoms with Gasteiger partial charge in [0.05, 0.1) is 19.8 Å². The number of carbonyl (C=O) groups is 1. The Hall–Kier alpha value is -1.46. The third kappa shape index (κ3) is 7.07. The van der Waals surface area contributed by atoms with E-state index in [-0.39, 0.29) is 12.3 Å². The minimum Gasteiger partial charge on any atom is -0.487 e. The lowest BCUT2D eigenvalue weighted by atomic mass is 10.1. The van der Waals surface area contributed by atoms with Crippen LogP contribution in [-0.4, -0.2) is 12.1 Å². The molecule has 1 amide bonds. The summed E-state index contributed by atoms with van der Waals surface area (Å²) in [5, 5.41) is 4.08. The van der Waals surface area contributed by atoms with Gasteiger partial charge in [0.15, 0.2) is 0 Å². The van der Waals surface area contributed by atoms with Gasteiger partial charge in [0.2, 0.25) is 5.91 Å². The average Bonchev–Trinajstić information content (AvgIpc) is 2.70. The molecule has 0 saturated carbocycles. The van der Waals surface area contributed by atoms with Crippen molar-refractivity contribution in [1.82, 2.24) is 5.43 Å². The molecule has 3 aromatic rings. The predicted molar refractivity (Wildman–Crippen MR) is 136 cm³/mol. The molecule has 0 saturated heterocycles. The van der Waals surface area contributed by atoms with Gasteiger partial charge in [0, 0.05) is 4.47 Å². The fourth-order valence-corrected chi connectivity index (χ4v) is 4.92. The molecule has 0 atom stereocenters. The van der Waals surface area contributed by atoms with Gasteiger partial charge in [-0.3, -0.25) is 4.79 Å². The Balaban J connectivity index is 1.57. The van der Waals surface area contributed by atoms with E-state index in [2.05, 4.69) is 71.6 Å². The molecule has 0 bridgehead atoms.